The number of rotatable bonds is 4. The van der Waals surface area contributed by atoms with E-state index in [1.165, 1.54) is 0 Å². The predicted octanol–water partition coefficient (Wildman–Crippen LogP) is 2.17. The van der Waals surface area contributed by atoms with Gasteiger partial charge in [0.15, 0.2) is 0 Å². The quantitative estimate of drug-likeness (QED) is 0.676. The minimum atomic E-state index is -5.28. The monoisotopic (exact) mass is 332 g/mol. The molecular weight excluding hydrogens is 322 g/mol. The molecule has 0 saturated heterocycles. The summed E-state index contributed by atoms with van der Waals surface area (Å²) in [6.07, 6.45) is -11.4. The van der Waals surface area contributed by atoms with Crippen molar-refractivity contribution in [3.8, 4) is 5.88 Å². The zero-order chi connectivity index (χ0) is 17.1. The lowest BCUT2D eigenvalue weighted by atomic mass is 10.0. The van der Waals surface area contributed by atoms with Crippen molar-refractivity contribution >= 4 is 5.97 Å². The summed E-state index contributed by atoms with van der Waals surface area (Å²) in [5.74, 6) is -2.56. The van der Waals surface area contributed by atoms with Crippen molar-refractivity contribution in [3.05, 3.63) is 22.9 Å². The van der Waals surface area contributed by atoms with Gasteiger partial charge in [-0.1, -0.05) is 0 Å². The van der Waals surface area contributed by atoms with Gasteiger partial charge in [0, 0.05) is 12.1 Å². The van der Waals surface area contributed by atoms with Crippen LogP contribution in [0.1, 0.15) is 16.8 Å². The smallest absolute Gasteiger partial charge is 0.469 e. The molecule has 2 N–H and O–H groups in total. The summed E-state index contributed by atoms with van der Waals surface area (Å²) in [6.45, 7) is -0.546. The van der Waals surface area contributed by atoms with Crippen molar-refractivity contribution in [1.29, 1.82) is 0 Å². The van der Waals surface area contributed by atoms with E-state index in [1.807, 2.05) is 0 Å². The third-order valence-corrected chi connectivity index (χ3v) is 2.42. The van der Waals surface area contributed by atoms with E-state index in [4.69, 9.17) is 5.73 Å². The summed E-state index contributed by atoms with van der Waals surface area (Å²) in [4.78, 5) is 14.4. The van der Waals surface area contributed by atoms with E-state index < -0.39 is 54.2 Å². The average Bonchev–Trinajstić information content (AvgIpc) is 2.37. The largest absolute Gasteiger partial charge is 0.574 e. The molecule has 1 aromatic rings. The zero-order valence-corrected chi connectivity index (χ0v) is 11.0. The molecule has 5 nitrogen and oxygen atoms in total. The van der Waals surface area contributed by atoms with Crippen LogP contribution in [0, 0.1) is 0 Å². The molecule has 22 heavy (non-hydrogen) atoms. The number of hydrogen-bond acceptors (Lipinski definition) is 5. The molecule has 11 heteroatoms. The van der Waals surface area contributed by atoms with E-state index in [9.17, 15) is 31.1 Å². The summed E-state index contributed by atoms with van der Waals surface area (Å²) in [6, 6.07) is 0.460. The summed E-state index contributed by atoms with van der Waals surface area (Å²) in [7, 11) is 0.877. The van der Waals surface area contributed by atoms with Crippen LogP contribution in [0.15, 0.2) is 6.07 Å². The molecule has 0 aliphatic heterocycles. The molecule has 0 unspecified atom stereocenters. The zero-order valence-electron chi connectivity index (χ0n) is 11.0. The Bertz CT molecular complexity index is 556. The van der Waals surface area contributed by atoms with Crippen LogP contribution in [-0.4, -0.2) is 24.4 Å². The highest BCUT2D eigenvalue weighted by Gasteiger charge is 2.40. The molecule has 0 saturated carbocycles. The standard InChI is InChI=1S/C11H10F6N2O3/c1-21-8(20)3-6-7(10(12,13)14)2-5(4-18)19-9(6)22-11(15,16)17/h2H,3-4,18H2,1H3. The Labute approximate surface area is 120 Å². The van der Waals surface area contributed by atoms with Crippen LogP contribution in [-0.2, 0) is 28.7 Å². The molecule has 0 radical (unpaired) electrons. The fourth-order valence-corrected chi connectivity index (χ4v) is 1.54. The van der Waals surface area contributed by atoms with Crippen molar-refractivity contribution in [2.45, 2.75) is 25.5 Å². The van der Waals surface area contributed by atoms with Crippen LogP contribution >= 0.6 is 0 Å². The van der Waals surface area contributed by atoms with Crippen molar-refractivity contribution < 1.29 is 40.6 Å². The first-order valence-corrected chi connectivity index (χ1v) is 5.60. The number of pyridine rings is 1. The first-order chi connectivity index (χ1) is 9.97. The molecule has 0 amide bonds. The topological polar surface area (TPSA) is 74.4 Å². The molecule has 0 aliphatic rings. The minimum absolute atomic E-state index is 0.460. The number of methoxy groups -OCH3 is 1. The Kier molecular flexibility index (Phi) is 5.22. The summed E-state index contributed by atoms with van der Waals surface area (Å²) in [5.41, 5.74) is 2.07. The Morgan fingerprint density at radius 2 is 1.86 bits per heavy atom. The molecule has 1 rings (SSSR count). The van der Waals surface area contributed by atoms with Crippen molar-refractivity contribution in [2.75, 3.05) is 7.11 Å². The Morgan fingerprint density at radius 1 is 1.27 bits per heavy atom. The highest BCUT2D eigenvalue weighted by molar-refractivity contribution is 5.74. The van der Waals surface area contributed by atoms with Crippen LogP contribution in [0.3, 0.4) is 0 Å². The predicted molar refractivity (Wildman–Crippen MR) is 59.5 cm³/mol. The first kappa shape index (κ1) is 18.0. The second-order valence-electron chi connectivity index (χ2n) is 3.95. The Hall–Kier alpha value is -2.04. The van der Waals surface area contributed by atoms with Gasteiger partial charge < -0.3 is 15.2 Å². The van der Waals surface area contributed by atoms with Crippen molar-refractivity contribution in [2.24, 2.45) is 5.73 Å². The number of nitrogens with two attached hydrogens (primary N) is 1. The second kappa shape index (κ2) is 6.38. The molecular formula is C11H10F6N2O3. The SMILES string of the molecule is COC(=O)Cc1c(C(F)(F)F)cc(CN)nc1OC(F)(F)F. The van der Waals surface area contributed by atoms with Crippen LogP contribution < -0.4 is 10.5 Å². The van der Waals surface area contributed by atoms with Crippen LogP contribution in [0.2, 0.25) is 0 Å². The average molecular weight is 332 g/mol. The number of esters is 1. The molecule has 0 spiro atoms. The van der Waals surface area contributed by atoms with E-state index in [2.05, 4.69) is 14.5 Å². The van der Waals surface area contributed by atoms with Gasteiger partial charge in [0.05, 0.1) is 24.8 Å². The molecule has 0 aromatic carbocycles. The minimum Gasteiger partial charge on any atom is -0.469 e. The van der Waals surface area contributed by atoms with Gasteiger partial charge in [-0.3, -0.25) is 4.79 Å². The number of hydrogen-bond donors (Lipinski definition) is 1. The molecule has 0 bridgehead atoms. The third kappa shape index (κ3) is 4.76. The normalized spacial score (nSPS) is 12.2. The maximum absolute atomic E-state index is 13.0. The molecule has 0 fully saturated rings. The van der Waals surface area contributed by atoms with Gasteiger partial charge in [0.2, 0.25) is 5.88 Å². The number of alkyl halides is 6. The van der Waals surface area contributed by atoms with E-state index in [-0.39, 0.29) is 0 Å². The maximum Gasteiger partial charge on any atom is 0.574 e. The number of nitrogens with zero attached hydrogens (tertiary/aromatic N) is 1. The molecule has 0 atom stereocenters. The highest BCUT2D eigenvalue weighted by Crippen LogP contribution is 2.37. The molecule has 1 heterocycles. The Balaban J connectivity index is 3.52. The van der Waals surface area contributed by atoms with E-state index in [0.29, 0.717) is 6.07 Å². The van der Waals surface area contributed by atoms with Gasteiger partial charge in [-0.15, -0.1) is 13.2 Å². The van der Waals surface area contributed by atoms with Crippen LogP contribution in [0.4, 0.5) is 26.3 Å². The van der Waals surface area contributed by atoms with Gasteiger partial charge in [-0.2, -0.15) is 13.2 Å². The number of aromatic nitrogens is 1. The summed E-state index contributed by atoms with van der Waals surface area (Å²) in [5, 5.41) is 0. The maximum atomic E-state index is 13.0. The van der Waals surface area contributed by atoms with E-state index in [0.717, 1.165) is 7.11 Å². The number of ether oxygens (including phenoxy) is 2. The lowest BCUT2D eigenvalue weighted by Gasteiger charge is -2.18. The van der Waals surface area contributed by atoms with E-state index >= 15 is 0 Å². The van der Waals surface area contributed by atoms with Gasteiger partial charge in [-0.05, 0) is 6.07 Å². The fraction of sp³-hybridized carbons (Fsp3) is 0.455. The van der Waals surface area contributed by atoms with E-state index in [1.54, 1.807) is 0 Å². The van der Waals surface area contributed by atoms with Gasteiger partial charge in [-0.25, -0.2) is 4.98 Å². The fourth-order valence-electron chi connectivity index (χ4n) is 1.54. The van der Waals surface area contributed by atoms with Gasteiger partial charge in [0.1, 0.15) is 0 Å². The summed E-state index contributed by atoms with van der Waals surface area (Å²) >= 11 is 0. The van der Waals surface area contributed by atoms with Crippen LogP contribution in [0.5, 0.6) is 5.88 Å². The summed E-state index contributed by atoms with van der Waals surface area (Å²) < 4.78 is 83.5. The lowest BCUT2D eigenvalue weighted by Crippen LogP contribution is -2.23. The van der Waals surface area contributed by atoms with Crippen molar-refractivity contribution in [3.63, 3.8) is 0 Å². The van der Waals surface area contributed by atoms with Crippen molar-refractivity contribution in [1.82, 2.24) is 4.98 Å². The molecule has 1 aromatic heterocycles. The number of carbonyl (C=O) groups is 1. The first-order valence-electron chi connectivity index (χ1n) is 5.60. The van der Waals surface area contributed by atoms with Gasteiger partial charge in [0.25, 0.3) is 0 Å². The molecule has 0 aliphatic carbocycles. The van der Waals surface area contributed by atoms with Crippen LogP contribution in [0.25, 0.3) is 0 Å². The number of halogens is 6. The second-order valence-corrected chi connectivity index (χ2v) is 3.95. The third-order valence-electron chi connectivity index (χ3n) is 2.42. The Morgan fingerprint density at radius 3 is 2.27 bits per heavy atom. The molecule has 124 valence electrons. The highest BCUT2D eigenvalue weighted by atomic mass is 19.4. The lowest BCUT2D eigenvalue weighted by molar-refractivity contribution is -0.276. The number of carbonyl (C=O) groups excluding carboxylic acids is 1. The van der Waals surface area contributed by atoms with Gasteiger partial charge >= 0.3 is 18.5 Å².